The largest absolute Gasteiger partial charge is 0.347 e. The van der Waals surface area contributed by atoms with E-state index >= 15 is 0 Å². The maximum absolute atomic E-state index is 13.3. The molecule has 0 aromatic heterocycles. The van der Waals surface area contributed by atoms with Crippen molar-refractivity contribution in [2.75, 3.05) is 44.3 Å². The zero-order valence-corrected chi connectivity index (χ0v) is 19.2. The Labute approximate surface area is 194 Å². The smallest absolute Gasteiger partial charge is 0.324 e. The number of carbonyl (C=O) groups is 2. The summed E-state index contributed by atoms with van der Waals surface area (Å²) < 4.78 is 11.5. The van der Waals surface area contributed by atoms with Crippen LogP contribution in [0.5, 0.6) is 0 Å². The molecular weight excluding hydrogens is 418 g/mol. The van der Waals surface area contributed by atoms with Crippen LogP contribution < -0.4 is 4.90 Å². The van der Waals surface area contributed by atoms with Crippen LogP contribution in [0.1, 0.15) is 40.7 Å². The Hall–Kier alpha value is -2.90. The van der Waals surface area contributed by atoms with Gasteiger partial charge in [0.05, 0.1) is 13.2 Å². The van der Waals surface area contributed by atoms with E-state index in [4.69, 9.17) is 9.47 Å². The molecule has 7 nitrogen and oxygen atoms in total. The summed E-state index contributed by atoms with van der Waals surface area (Å²) in [7, 11) is 0. The number of benzene rings is 2. The molecule has 0 saturated carbocycles. The number of nitrogens with zero attached hydrogens (tertiary/aromatic N) is 3. The van der Waals surface area contributed by atoms with E-state index in [2.05, 4.69) is 31.2 Å². The van der Waals surface area contributed by atoms with Gasteiger partial charge in [0.25, 0.3) is 5.91 Å². The molecule has 33 heavy (non-hydrogen) atoms. The third-order valence-corrected chi connectivity index (χ3v) is 6.84. The fourth-order valence-electron chi connectivity index (χ4n) is 4.91. The van der Waals surface area contributed by atoms with Crippen LogP contribution in [0.3, 0.4) is 0 Å². The van der Waals surface area contributed by atoms with Crippen LogP contribution in [0.4, 0.5) is 10.5 Å². The SMILES string of the molecule is Cc1ccc(CN2CCCN(c3cccc(C(=O)N4CCC5(CC4)OCCO5)c3)C2=O)cc1. The van der Waals surface area contributed by atoms with Crippen LogP contribution in [0.15, 0.2) is 48.5 Å². The highest BCUT2D eigenvalue weighted by Crippen LogP contribution is 2.32. The number of ether oxygens (including phenoxy) is 2. The molecule has 0 aliphatic carbocycles. The van der Waals surface area contributed by atoms with Gasteiger partial charge in [-0.1, -0.05) is 35.9 Å². The van der Waals surface area contributed by atoms with Crippen LogP contribution in [-0.4, -0.2) is 66.9 Å². The van der Waals surface area contributed by atoms with E-state index in [-0.39, 0.29) is 11.9 Å². The van der Waals surface area contributed by atoms with Gasteiger partial charge in [-0.2, -0.15) is 0 Å². The molecule has 5 rings (SSSR count). The molecule has 7 heteroatoms. The Morgan fingerprint density at radius 3 is 2.42 bits per heavy atom. The molecular formula is C26H31N3O4. The number of piperidine rings is 1. The van der Waals surface area contributed by atoms with Crippen molar-refractivity contribution in [1.82, 2.24) is 9.80 Å². The van der Waals surface area contributed by atoms with Gasteiger partial charge in [0.1, 0.15) is 0 Å². The van der Waals surface area contributed by atoms with Crippen molar-refractivity contribution in [2.24, 2.45) is 0 Å². The Bertz CT molecular complexity index is 1010. The molecule has 0 unspecified atom stereocenters. The second-order valence-corrected chi connectivity index (χ2v) is 9.15. The van der Waals surface area contributed by atoms with Crippen molar-refractivity contribution < 1.29 is 19.1 Å². The van der Waals surface area contributed by atoms with E-state index < -0.39 is 5.79 Å². The Morgan fingerprint density at radius 1 is 0.970 bits per heavy atom. The lowest BCUT2D eigenvalue weighted by Crippen LogP contribution is -2.49. The van der Waals surface area contributed by atoms with Gasteiger partial charge in [0.2, 0.25) is 0 Å². The minimum atomic E-state index is -0.500. The zero-order chi connectivity index (χ0) is 22.8. The number of hydrogen-bond donors (Lipinski definition) is 0. The second-order valence-electron chi connectivity index (χ2n) is 9.15. The number of rotatable bonds is 4. The Morgan fingerprint density at radius 2 is 1.70 bits per heavy atom. The van der Waals surface area contributed by atoms with E-state index in [1.165, 1.54) is 5.56 Å². The first-order valence-corrected chi connectivity index (χ1v) is 11.8. The molecule has 0 radical (unpaired) electrons. The number of aryl methyl sites for hydroxylation is 1. The standard InChI is InChI=1S/C26H31N3O4/c1-20-6-8-21(9-7-20)19-28-12-3-13-29(25(28)31)23-5-2-4-22(18-23)24(30)27-14-10-26(11-15-27)32-16-17-33-26/h2,4-9,18H,3,10-17,19H2,1H3. The summed E-state index contributed by atoms with van der Waals surface area (Å²) in [6.45, 7) is 6.51. The molecule has 3 fully saturated rings. The summed E-state index contributed by atoms with van der Waals surface area (Å²) in [5.74, 6) is -0.509. The van der Waals surface area contributed by atoms with Crippen molar-refractivity contribution in [2.45, 2.75) is 38.5 Å². The van der Waals surface area contributed by atoms with Crippen molar-refractivity contribution >= 4 is 17.6 Å². The second kappa shape index (κ2) is 9.15. The topological polar surface area (TPSA) is 62.3 Å². The Kier molecular flexibility index (Phi) is 6.08. The third-order valence-electron chi connectivity index (χ3n) is 6.84. The van der Waals surface area contributed by atoms with E-state index in [1.54, 1.807) is 4.90 Å². The quantitative estimate of drug-likeness (QED) is 0.712. The van der Waals surface area contributed by atoms with Gasteiger partial charge < -0.3 is 19.3 Å². The monoisotopic (exact) mass is 449 g/mol. The summed E-state index contributed by atoms with van der Waals surface area (Å²) in [6, 6.07) is 15.7. The van der Waals surface area contributed by atoms with Crippen molar-refractivity contribution in [3.05, 3.63) is 65.2 Å². The van der Waals surface area contributed by atoms with E-state index in [0.717, 1.165) is 24.2 Å². The molecule has 2 aromatic rings. The van der Waals surface area contributed by atoms with Gasteiger partial charge in [-0.15, -0.1) is 0 Å². The summed E-state index contributed by atoms with van der Waals surface area (Å²) in [6.07, 6.45) is 2.28. The van der Waals surface area contributed by atoms with Crippen LogP contribution >= 0.6 is 0 Å². The van der Waals surface area contributed by atoms with E-state index in [1.807, 2.05) is 34.1 Å². The molecule has 2 aromatic carbocycles. The molecule has 0 N–H and O–H groups in total. The van der Waals surface area contributed by atoms with Crippen LogP contribution in [0.25, 0.3) is 0 Å². The van der Waals surface area contributed by atoms with Crippen molar-refractivity contribution in [3.8, 4) is 0 Å². The van der Waals surface area contributed by atoms with Gasteiger partial charge in [-0.3, -0.25) is 9.69 Å². The average molecular weight is 450 g/mol. The zero-order valence-electron chi connectivity index (χ0n) is 19.2. The molecule has 3 amide bonds. The molecule has 3 aliphatic heterocycles. The number of hydrogen-bond acceptors (Lipinski definition) is 4. The third kappa shape index (κ3) is 4.61. The lowest BCUT2D eigenvalue weighted by atomic mass is 10.0. The van der Waals surface area contributed by atoms with E-state index in [9.17, 15) is 9.59 Å². The molecule has 0 bridgehead atoms. The molecule has 174 valence electrons. The first kappa shape index (κ1) is 21.9. The number of urea groups is 1. The fraction of sp³-hybridized carbons (Fsp3) is 0.462. The molecule has 3 aliphatic rings. The average Bonchev–Trinajstić information content (AvgIpc) is 3.30. The van der Waals surface area contributed by atoms with Crippen molar-refractivity contribution in [3.63, 3.8) is 0 Å². The maximum Gasteiger partial charge on any atom is 0.324 e. The van der Waals surface area contributed by atoms with Gasteiger partial charge in [-0.05, 0) is 37.1 Å². The number of amides is 3. The first-order valence-electron chi connectivity index (χ1n) is 11.8. The summed E-state index contributed by atoms with van der Waals surface area (Å²) in [5, 5.41) is 0. The fourth-order valence-corrected chi connectivity index (χ4v) is 4.91. The van der Waals surface area contributed by atoms with Gasteiger partial charge in [0, 0.05) is 56.8 Å². The molecule has 3 saturated heterocycles. The molecule has 0 atom stereocenters. The highest BCUT2D eigenvalue weighted by Gasteiger charge is 2.41. The number of likely N-dealkylation sites (tertiary alicyclic amines) is 1. The lowest BCUT2D eigenvalue weighted by molar-refractivity contribution is -0.181. The Balaban J connectivity index is 1.26. The normalized spacial score (nSPS) is 20.5. The van der Waals surface area contributed by atoms with Gasteiger partial charge >= 0.3 is 6.03 Å². The highest BCUT2D eigenvalue weighted by atomic mass is 16.7. The minimum absolute atomic E-state index is 0.00864. The lowest BCUT2D eigenvalue weighted by Gasteiger charge is -2.38. The predicted molar refractivity (Wildman–Crippen MR) is 125 cm³/mol. The first-order chi connectivity index (χ1) is 16.0. The summed E-state index contributed by atoms with van der Waals surface area (Å²) in [4.78, 5) is 32.0. The van der Waals surface area contributed by atoms with E-state index in [0.29, 0.717) is 57.8 Å². The number of anilines is 1. The van der Waals surface area contributed by atoms with Crippen molar-refractivity contribution in [1.29, 1.82) is 0 Å². The molecule has 1 spiro atoms. The number of carbonyl (C=O) groups excluding carboxylic acids is 2. The predicted octanol–water partition coefficient (Wildman–Crippen LogP) is 3.81. The summed E-state index contributed by atoms with van der Waals surface area (Å²) >= 11 is 0. The minimum Gasteiger partial charge on any atom is -0.347 e. The van der Waals surface area contributed by atoms with Crippen LogP contribution in [0, 0.1) is 6.92 Å². The maximum atomic E-state index is 13.3. The summed E-state index contributed by atoms with van der Waals surface area (Å²) in [5.41, 5.74) is 3.72. The molecule has 3 heterocycles. The van der Waals surface area contributed by atoms with Crippen LogP contribution in [-0.2, 0) is 16.0 Å². The van der Waals surface area contributed by atoms with Gasteiger partial charge in [-0.25, -0.2) is 4.79 Å². The van der Waals surface area contributed by atoms with Gasteiger partial charge in [0.15, 0.2) is 5.79 Å². The highest BCUT2D eigenvalue weighted by molar-refractivity contribution is 5.98. The van der Waals surface area contributed by atoms with Crippen LogP contribution in [0.2, 0.25) is 0 Å².